The Bertz CT molecular complexity index is 836. The number of aryl methyl sites for hydroxylation is 2. The van der Waals surface area contributed by atoms with E-state index in [4.69, 9.17) is 0 Å². The van der Waals surface area contributed by atoms with Gasteiger partial charge in [0.05, 0.1) is 0 Å². The van der Waals surface area contributed by atoms with Gasteiger partial charge in [0.2, 0.25) is 5.91 Å². The molecule has 0 aliphatic carbocycles. The monoisotopic (exact) mass is 382 g/mol. The number of nitrogens with zero attached hydrogens (tertiary/aromatic N) is 3. The predicted molar refractivity (Wildman–Crippen MR) is 110 cm³/mol. The van der Waals surface area contributed by atoms with Gasteiger partial charge in [-0.05, 0) is 51.3 Å². The van der Waals surface area contributed by atoms with Gasteiger partial charge < -0.3 is 9.88 Å². The van der Waals surface area contributed by atoms with Crippen molar-refractivity contribution in [3.8, 4) is 0 Å². The molecule has 1 aliphatic rings. The maximum absolute atomic E-state index is 12.8. The van der Waals surface area contributed by atoms with Crippen LogP contribution >= 0.6 is 0 Å². The molecule has 150 valence electrons. The Morgan fingerprint density at radius 1 is 1.29 bits per heavy atom. The van der Waals surface area contributed by atoms with Crippen LogP contribution in [-0.2, 0) is 17.8 Å². The molecule has 0 spiro atoms. The molecule has 2 heterocycles. The summed E-state index contributed by atoms with van der Waals surface area (Å²) in [6.45, 7) is 6.21. The average molecular weight is 383 g/mol. The molecular weight excluding hydrogens is 352 g/mol. The third-order valence-corrected chi connectivity index (χ3v) is 5.69. The van der Waals surface area contributed by atoms with Crippen molar-refractivity contribution in [1.29, 1.82) is 0 Å². The maximum atomic E-state index is 12.8. The molecule has 6 heteroatoms. The number of amides is 1. The van der Waals surface area contributed by atoms with E-state index in [1.54, 1.807) is 0 Å². The quantitative estimate of drug-likeness (QED) is 0.833. The number of nitrogens with one attached hydrogen (secondary N) is 1. The highest BCUT2D eigenvalue weighted by molar-refractivity contribution is 5.76. The van der Waals surface area contributed by atoms with Crippen LogP contribution < -0.4 is 5.69 Å². The van der Waals surface area contributed by atoms with Crippen molar-refractivity contribution in [2.24, 2.45) is 0 Å². The minimum atomic E-state index is -0.328. The van der Waals surface area contributed by atoms with Gasteiger partial charge in [0.15, 0.2) is 0 Å². The number of hydrogen-bond acceptors (Lipinski definition) is 4. The van der Waals surface area contributed by atoms with Crippen LogP contribution in [0.5, 0.6) is 0 Å². The average Bonchev–Trinajstić information content (AvgIpc) is 2.68. The highest BCUT2D eigenvalue weighted by Crippen LogP contribution is 2.19. The number of hydrogen-bond donors (Lipinski definition) is 1. The van der Waals surface area contributed by atoms with E-state index in [1.165, 1.54) is 5.56 Å². The van der Waals surface area contributed by atoms with E-state index in [9.17, 15) is 9.59 Å². The van der Waals surface area contributed by atoms with Crippen molar-refractivity contribution in [3.05, 3.63) is 63.3 Å². The van der Waals surface area contributed by atoms with Crippen LogP contribution in [-0.4, -0.2) is 51.9 Å². The van der Waals surface area contributed by atoms with E-state index in [1.807, 2.05) is 24.8 Å². The van der Waals surface area contributed by atoms with Gasteiger partial charge in [-0.2, -0.15) is 4.98 Å². The fourth-order valence-electron chi connectivity index (χ4n) is 4.05. The molecule has 1 amide bonds. The Morgan fingerprint density at radius 3 is 2.75 bits per heavy atom. The largest absolute Gasteiger partial charge is 0.345 e. The smallest absolute Gasteiger partial charge is 0.341 e. The molecule has 1 fully saturated rings. The number of aromatic amines is 1. The Morgan fingerprint density at radius 2 is 2.04 bits per heavy atom. The van der Waals surface area contributed by atoms with E-state index in [2.05, 4.69) is 46.2 Å². The van der Waals surface area contributed by atoms with Crippen LogP contribution in [0.4, 0.5) is 0 Å². The van der Waals surface area contributed by atoms with Gasteiger partial charge in [-0.1, -0.05) is 30.3 Å². The SMILES string of the molecule is Cc1nc(=O)[nH]c(C)c1CCC(=O)N1CCCC(N(C)Cc2ccccc2)C1. The molecule has 1 atom stereocenters. The Balaban J connectivity index is 1.56. The lowest BCUT2D eigenvalue weighted by molar-refractivity contribution is -0.133. The molecular formula is C22H30N4O2. The fraction of sp³-hybridized carbons (Fsp3) is 0.500. The maximum Gasteiger partial charge on any atom is 0.345 e. The van der Waals surface area contributed by atoms with E-state index < -0.39 is 0 Å². The minimum absolute atomic E-state index is 0.183. The number of piperidine rings is 1. The molecule has 3 rings (SSSR count). The van der Waals surface area contributed by atoms with Gasteiger partial charge in [0.25, 0.3) is 0 Å². The minimum Gasteiger partial charge on any atom is -0.341 e. The normalized spacial score (nSPS) is 17.1. The van der Waals surface area contributed by atoms with Crippen LogP contribution in [0.2, 0.25) is 0 Å². The van der Waals surface area contributed by atoms with Crippen molar-refractivity contribution in [2.45, 2.75) is 52.1 Å². The van der Waals surface area contributed by atoms with Gasteiger partial charge in [0.1, 0.15) is 0 Å². The summed E-state index contributed by atoms with van der Waals surface area (Å²) >= 11 is 0. The van der Waals surface area contributed by atoms with E-state index >= 15 is 0 Å². The predicted octanol–water partition coefficient (Wildman–Crippen LogP) is 2.44. The number of rotatable bonds is 6. The van der Waals surface area contributed by atoms with Gasteiger partial charge >= 0.3 is 5.69 Å². The van der Waals surface area contributed by atoms with Crippen molar-refractivity contribution in [2.75, 3.05) is 20.1 Å². The summed E-state index contributed by atoms with van der Waals surface area (Å²) in [5.41, 5.74) is 3.47. The Labute approximate surface area is 166 Å². The number of likely N-dealkylation sites (tertiary alicyclic amines) is 1. The summed E-state index contributed by atoms with van der Waals surface area (Å²) in [6.07, 6.45) is 3.22. The topological polar surface area (TPSA) is 69.3 Å². The Kier molecular flexibility index (Phi) is 6.62. The zero-order valence-corrected chi connectivity index (χ0v) is 17.1. The second-order valence-electron chi connectivity index (χ2n) is 7.77. The van der Waals surface area contributed by atoms with Crippen LogP contribution in [0, 0.1) is 13.8 Å². The fourth-order valence-corrected chi connectivity index (χ4v) is 4.05. The van der Waals surface area contributed by atoms with Crippen LogP contribution in [0.3, 0.4) is 0 Å². The summed E-state index contributed by atoms with van der Waals surface area (Å²) in [5.74, 6) is 0.183. The van der Waals surface area contributed by atoms with Crippen molar-refractivity contribution >= 4 is 5.91 Å². The first-order chi connectivity index (χ1) is 13.4. The van der Waals surface area contributed by atoms with Crippen LogP contribution in [0.25, 0.3) is 0 Å². The van der Waals surface area contributed by atoms with Crippen molar-refractivity contribution < 1.29 is 4.79 Å². The van der Waals surface area contributed by atoms with Crippen LogP contribution in [0.1, 0.15) is 41.8 Å². The lowest BCUT2D eigenvalue weighted by Crippen LogP contribution is -2.48. The molecule has 28 heavy (non-hydrogen) atoms. The first kappa shape index (κ1) is 20.3. The summed E-state index contributed by atoms with van der Waals surface area (Å²) in [6, 6.07) is 10.8. The number of carbonyl (C=O) groups excluding carboxylic acids is 1. The first-order valence-electron chi connectivity index (χ1n) is 10.0. The summed E-state index contributed by atoms with van der Waals surface area (Å²) in [5, 5.41) is 0. The van der Waals surface area contributed by atoms with Gasteiger partial charge in [-0.15, -0.1) is 0 Å². The zero-order chi connectivity index (χ0) is 20.1. The molecule has 1 aromatic heterocycles. The second-order valence-corrected chi connectivity index (χ2v) is 7.77. The third-order valence-electron chi connectivity index (χ3n) is 5.69. The number of likely N-dealkylation sites (N-methyl/N-ethyl adjacent to an activating group) is 1. The lowest BCUT2D eigenvalue weighted by Gasteiger charge is -2.38. The lowest BCUT2D eigenvalue weighted by atomic mass is 10.0. The molecule has 0 saturated carbocycles. The standard InChI is InChI=1S/C22H30N4O2/c1-16-20(17(2)24-22(28)23-16)11-12-21(27)26-13-7-10-19(15-26)25(3)14-18-8-5-4-6-9-18/h4-6,8-9,19H,7,10-15H2,1-3H3,(H,23,24,28). The molecule has 1 aromatic carbocycles. The molecule has 1 aliphatic heterocycles. The van der Waals surface area contributed by atoms with Gasteiger partial charge in [-0.25, -0.2) is 4.79 Å². The number of benzene rings is 1. The molecule has 6 nitrogen and oxygen atoms in total. The van der Waals surface area contributed by atoms with Gasteiger partial charge in [0, 0.05) is 43.5 Å². The third kappa shape index (κ3) is 5.07. The first-order valence-corrected chi connectivity index (χ1v) is 10.0. The summed E-state index contributed by atoms with van der Waals surface area (Å²) in [4.78, 5) is 35.3. The molecule has 0 radical (unpaired) electrons. The van der Waals surface area contributed by atoms with E-state index in [0.29, 0.717) is 24.6 Å². The highest BCUT2D eigenvalue weighted by atomic mass is 16.2. The van der Waals surface area contributed by atoms with E-state index in [-0.39, 0.29) is 11.6 Å². The van der Waals surface area contributed by atoms with Crippen molar-refractivity contribution in [1.82, 2.24) is 19.8 Å². The van der Waals surface area contributed by atoms with Gasteiger partial charge in [-0.3, -0.25) is 9.69 Å². The molecule has 1 N–H and O–H groups in total. The Hall–Kier alpha value is -2.47. The second kappa shape index (κ2) is 9.15. The number of aromatic nitrogens is 2. The number of H-pyrrole nitrogens is 1. The molecule has 1 saturated heterocycles. The van der Waals surface area contributed by atoms with E-state index in [0.717, 1.165) is 43.7 Å². The highest BCUT2D eigenvalue weighted by Gasteiger charge is 2.26. The summed E-state index contributed by atoms with van der Waals surface area (Å²) in [7, 11) is 2.14. The van der Waals surface area contributed by atoms with Crippen LogP contribution in [0.15, 0.2) is 35.1 Å². The molecule has 2 aromatic rings. The van der Waals surface area contributed by atoms with Crippen molar-refractivity contribution in [3.63, 3.8) is 0 Å². The summed E-state index contributed by atoms with van der Waals surface area (Å²) < 4.78 is 0. The molecule has 1 unspecified atom stereocenters. The molecule has 0 bridgehead atoms. The number of carbonyl (C=O) groups is 1. The zero-order valence-electron chi connectivity index (χ0n) is 17.1.